The lowest BCUT2D eigenvalue weighted by Crippen LogP contribution is -2.42. The van der Waals surface area contributed by atoms with Crippen LogP contribution in [0.3, 0.4) is 0 Å². The quantitative estimate of drug-likeness (QED) is 0.598. The summed E-state index contributed by atoms with van der Waals surface area (Å²) in [5, 5.41) is 3.37. The molecule has 0 aromatic rings. The van der Waals surface area contributed by atoms with Crippen LogP contribution in [0.2, 0.25) is 0 Å². The predicted molar refractivity (Wildman–Crippen MR) is 54.8 cm³/mol. The predicted octanol–water partition coefficient (Wildman–Crippen LogP) is -0.454. The van der Waals surface area contributed by atoms with Crippen LogP contribution in [-0.4, -0.2) is 43.0 Å². The maximum absolute atomic E-state index is 11.7. The molecule has 0 aromatic heterocycles. The normalized spacial score (nSPS) is 34.0. The maximum atomic E-state index is 11.7. The number of carbonyl (C=O) groups is 1. The van der Waals surface area contributed by atoms with Crippen molar-refractivity contribution < 1.29 is 4.79 Å². The van der Waals surface area contributed by atoms with Crippen molar-refractivity contribution in [1.29, 1.82) is 0 Å². The van der Waals surface area contributed by atoms with E-state index in [1.54, 1.807) is 6.92 Å². The van der Waals surface area contributed by atoms with Crippen molar-refractivity contribution in [1.82, 2.24) is 10.2 Å². The molecule has 2 atom stereocenters. The van der Waals surface area contributed by atoms with E-state index in [2.05, 4.69) is 5.32 Å². The average Bonchev–Trinajstić information content (AvgIpc) is 2.76. The molecule has 3 N–H and O–H groups in total. The van der Waals surface area contributed by atoms with Crippen molar-refractivity contribution in [2.24, 2.45) is 11.1 Å². The molecule has 0 aromatic carbocycles. The molecule has 2 heterocycles. The van der Waals surface area contributed by atoms with Crippen LogP contribution in [0.25, 0.3) is 0 Å². The second-order valence-corrected chi connectivity index (χ2v) is 4.73. The Labute approximate surface area is 84.8 Å². The molecule has 1 spiro atoms. The summed E-state index contributed by atoms with van der Waals surface area (Å²) in [6.45, 7) is 5.72. The minimum atomic E-state index is -0.348. The van der Waals surface area contributed by atoms with E-state index in [4.69, 9.17) is 5.73 Å². The van der Waals surface area contributed by atoms with Gasteiger partial charge in [-0.15, -0.1) is 0 Å². The zero-order valence-electron chi connectivity index (χ0n) is 8.75. The molecule has 2 saturated heterocycles. The van der Waals surface area contributed by atoms with Gasteiger partial charge in [-0.1, -0.05) is 0 Å². The summed E-state index contributed by atoms with van der Waals surface area (Å²) in [5.41, 5.74) is 5.96. The highest BCUT2D eigenvalue weighted by atomic mass is 16.2. The molecule has 80 valence electrons. The van der Waals surface area contributed by atoms with Gasteiger partial charge in [0.15, 0.2) is 0 Å². The molecule has 2 aliphatic heterocycles. The molecule has 0 aliphatic carbocycles. The summed E-state index contributed by atoms with van der Waals surface area (Å²) >= 11 is 0. The lowest BCUT2D eigenvalue weighted by molar-refractivity contribution is -0.131. The van der Waals surface area contributed by atoms with Gasteiger partial charge in [-0.05, 0) is 26.3 Å². The van der Waals surface area contributed by atoms with Gasteiger partial charge in [-0.2, -0.15) is 0 Å². The molecule has 14 heavy (non-hydrogen) atoms. The first-order valence-electron chi connectivity index (χ1n) is 5.38. The third-order valence-electron chi connectivity index (χ3n) is 3.47. The molecular formula is C10H19N3O. The third-order valence-corrected chi connectivity index (χ3v) is 3.47. The standard InChI is InChI=1S/C10H19N3O/c1-8(11)9(14)13-5-3-10(7-13)2-4-12-6-10/h8,12H,2-7,11H2,1H3/t8-,10?/m1/s1. The first-order chi connectivity index (χ1) is 6.63. The van der Waals surface area contributed by atoms with Crippen LogP contribution < -0.4 is 11.1 Å². The Morgan fingerprint density at radius 1 is 1.57 bits per heavy atom. The smallest absolute Gasteiger partial charge is 0.239 e. The van der Waals surface area contributed by atoms with Crippen molar-refractivity contribution in [2.45, 2.75) is 25.8 Å². The number of likely N-dealkylation sites (tertiary alicyclic amines) is 1. The molecule has 2 rings (SSSR count). The monoisotopic (exact) mass is 197 g/mol. The van der Waals surface area contributed by atoms with Gasteiger partial charge in [0.2, 0.25) is 5.91 Å². The number of carbonyl (C=O) groups excluding carboxylic acids is 1. The van der Waals surface area contributed by atoms with E-state index < -0.39 is 0 Å². The Morgan fingerprint density at radius 3 is 2.93 bits per heavy atom. The molecule has 0 bridgehead atoms. The van der Waals surface area contributed by atoms with Crippen molar-refractivity contribution in [2.75, 3.05) is 26.2 Å². The largest absolute Gasteiger partial charge is 0.341 e. The summed E-state index contributed by atoms with van der Waals surface area (Å²) in [5.74, 6) is 0.105. The second-order valence-electron chi connectivity index (χ2n) is 4.73. The Hall–Kier alpha value is -0.610. The zero-order valence-corrected chi connectivity index (χ0v) is 8.75. The summed E-state index contributed by atoms with van der Waals surface area (Å²) in [4.78, 5) is 13.6. The minimum absolute atomic E-state index is 0.105. The van der Waals surface area contributed by atoms with Crippen molar-refractivity contribution in [3.05, 3.63) is 0 Å². The lowest BCUT2D eigenvalue weighted by atomic mass is 9.86. The van der Waals surface area contributed by atoms with Crippen molar-refractivity contribution in [3.63, 3.8) is 0 Å². The highest BCUT2D eigenvalue weighted by Gasteiger charge is 2.42. The lowest BCUT2D eigenvalue weighted by Gasteiger charge is -2.23. The van der Waals surface area contributed by atoms with E-state index in [9.17, 15) is 4.79 Å². The molecule has 0 radical (unpaired) electrons. The molecule has 2 fully saturated rings. The van der Waals surface area contributed by atoms with Gasteiger partial charge in [0.1, 0.15) is 0 Å². The Morgan fingerprint density at radius 2 is 2.36 bits per heavy atom. The highest BCUT2D eigenvalue weighted by molar-refractivity contribution is 5.81. The van der Waals surface area contributed by atoms with Crippen LogP contribution in [0, 0.1) is 5.41 Å². The van der Waals surface area contributed by atoms with E-state index in [0.29, 0.717) is 5.41 Å². The number of rotatable bonds is 1. The fourth-order valence-corrected chi connectivity index (χ4v) is 2.56. The number of hydrogen-bond acceptors (Lipinski definition) is 3. The fourth-order valence-electron chi connectivity index (χ4n) is 2.56. The van der Waals surface area contributed by atoms with E-state index in [0.717, 1.165) is 32.6 Å². The number of hydrogen-bond donors (Lipinski definition) is 2. The first-order valence-corrected chi connectivity index (χ1v) is 5.38. The summed E-state index contributed by atoms with van der Waals surface area (Å²) < 4.78 is 0. The molecule has 1 amide bonds. The van der Waals surface area contributed by atoms with Gasteiger partial charge in [0.05, 0.1) is 6.04 Å². The Bertz CT molecular complexity index is 234. The van der Waals surface area contributed by atoms with Gasteiger partial charge in [0.25, 0.3) is 0 Å². The number of nitrogens with two attached hydrogens (primary N) is 1. The van der Waals surface area contributed by atoms with Crippen LogP contribution in [0.1, 0.15) is 19.8 Å². The van der Waals surface area contributed by atoms with E-state index in [1.807, 2.05) is 4.90 Å². The molecule has 0 saturated carbocycles. The van der Waals surface area contributed by atoms with Crippen molar-refractivity contribution in [3.8, 4) is 0 Å². The van der Waals surface area contributed by atoms with Gasteiger partial charge in [-0.3, -0.25) is 4.79 Å². The van der Waals surface area contributed by atoms with Crippen LogP contribution in [-0.2, 0) is 4.79 Å². The topological polar surface area (TPSA) is 58.4 Å². The third kappa shape index (κ3) is 1.64. The fraction of sp³-hybridized carbons (Fsp3) is 0.900. The summed E-state index contributed by atoms with van der Waals surface area (Å²) in [6.07, 6.45) is 2.34. The van der Waals surface area contributed by atoms with Gasteiger partial charge < -0.3 is 16.0 Å². The first kappa shape index (κ1) is 9.93. The number of nitrogens with zero attached hydrogens (tertiary/aromatic N) is 1. The van der Waals surface area contributed by atoms with Crippen molar-refractivity contribution >= 4 is 5.91 Å². The Balaban J connectivity index is 1.97. The van der Waals surface area contributed by atoms with Gasteiger partial charge >= 0.3 is 0 Å². The molecule has 4 heteroatoms. The average molecular weight is 197 g/mol. The van der Waals surface area contributed by atoms with Crippen LogP contribution >= 0.6 is 0 Å². The summed E-state index contributed by atoms with van der Waals surface area (Å²) in [7, 11) is 0. The van der Waals surface area contributed by atoms with Crippen LogP contribution in [0.15, 0.2) is 0 Å². The van der Waals surface area contributed by atoms with Gasteiger partial charge in [-0.25, -0.2) is 0 Å². The van der Waals surface area contributed by atoms with E-state index in [-0.39, 0.29) is 11.9 Å². The molecule has 4 nitrogen and oxygen atoms in total. The molecule has 1 unspecified atom stereocenters. The molecule has 2 aliphatic rings. The van der Waals surface area contributed by atoms with E-state index >= 15 is 0 Å². The molecular weight excluding hydrogens is 178 g/mol. The highest BCUT2D eigenvalue weighted by Crippen LogP contribution is 2.35. The zero-order chi connectivity index (χ0) is 10.2. The SMILES string of the molecule is C[C@@H](N)C(=O)N1CCC2(CCNC2)C1. The second kappa shape index (κ2) is 3.51. The Kier molecular flexibility index (Phi) is 2.49. The van der Waals surface area contributed by atoms with Crippen LogP contribution in [0.4, 0.5) is 0 Å². The minimum Gasteiger partial charge on any atom is -0.341 e. The van der Waals surface area contributed by atoms with E-state index in [1.165, 1.54) is 6.42 Å². The number of amides is 1. The van der Waals surface area contributed by atoms with Gasteiger partial charge in [0, 0.05) is 25.0 Å². The summed E-state index contributed by atoms with van der Waals surface area (Å²) in [6, 6.07) is -0.348. The number of nitrogens with one attached hydrogen (secondary N) is 1. The van der Waals surface area contributed by atoms with Crippen LogP contribution in [0.5, 0.6) is 0 Å². The maximum Gasteiger partial charge on any atom is 0.239 e.